The zero-order valence-corrected chi connectivity index (χ0v) is 10.8. The number of carbonyl (C=O) groups is 1. The summed E-state index contributed by atoms with van der Waals surface area (Å²) in [5.41, 5.74) is 5.19. The Bertz CT molecular complexity index is 372. The molecule has 0 atom stereocenters. The maximum Gasteiger partial charge on any atom is 0.260 e. The second kappa shape index (κ2) is 6.12. The lowest BCUT2D eigenvalue weighted by Gasteiger charge is -2.13. The fraction of sp³-hybridized carbons (Fsp3) is 0.667. The van der Waals surface area contributed by atoms with Crippen molar-refractivity contribution in [1.82, 2.24) is 9.88 Å². The minimum absolute atomic E-state index is 0.370. The minimum Gasteiger partial charge on any atom is -0.365 e. The van der Waals surface area contributed by atoms with Gasteiger partial charge in [-0.05, 0) is 51.7 Å². The van der Waals surface area contributed by atoms with E-state index in [4.69, 9.17) is 5.73 Å². The highest BCUT2D eigenvalue weighted by Crippen LogP contribution is 2.15. The van der Waals surface area contributed by atoms with Crippen LogP contribution in [0, 0.1) is 0 Å². The average Bonchev–Trinajstić information content (AvgIpc) is 2.96. The van der Waals surface area contributed by atoms with Crippen molar-refractivity contribution >= 4 is 17.2 Å². The monoisotopic (exact) mass is 253 g/mol. The van der Waals surface area contributed by atoms with Crippen LogP contribution >= 0.6 is 11.3 Å². The lowest BCUT2D eigenvalue weighted by atomic mass is 10.2. The molecule has 0 unspecified atom stereocenters. The minimum atomic E-state index is -0.370. The first-order valence-corrected chi connectivity index (χ1v) is 7.04. The van der Waals surface area contributed by atoms with E-state index in [0.29, 0.717) is 4.88 Å². The molecule has 1 fully saturated rings. The first-order chi connectivity index (χ1) is 8.25. The molecule has 94 valence electrons. The molecule has 0 aliphatic carbocycles. The van der Waals surface area contributed by atoms with Crippen molar-refractivity contribution in [2.75, 3.05) is 19.6 Å². The van der Waals surface area contributed by atoms with Gasteiger partial charge in [-0.2, -0.15) is 0 Å². The standard InChI is InChI=1S/C12H19N3OS/c13-12(16)10-9-14-11(17-10)5-1-2-6-15-7-3-4-8-15/h9H,1-8H2,(H2,13,16). The summed E-state index contributed by atoms with van der Waals surface area (Å²) in [7, 11) is 0. The third kappa shape index (κ3) is 3.78. The van der Waals surface area contributed by atoms with Gasteiger partial charge in [-0.25, -0.2) is 4.98 Å². The summed E-state index contributed by atoms with van der Waals surface area (Å²) < 4.78 is 0. The number of amides is 1. The zero-order chi connectivity index (χ0) is 12.1. The predicted molar refractivity (Wildman–Crippen MR) is 69.2 cm³/mol. The van der Waals surface area contributed by atoms with Crippen LogP contribution in [0.1, 0.15) is 40.4 Å². The number of rotatable bonds is 6. The highest BCUT2D eigenvalue weighted by atomic mass is 32.1. The highest BCUT2D eigenvalue weighted by molar-refractivity contribution is 7.13. The van der Waals surface area contributed by atoms with Gasteiger partial charge in [-0.3, -0.25) is 4.79 Å². The number of hydrogen-bond donors (Lipinski definition) is 1. The first-order valence-electron chi connectivity index (χ1n) is 6.22. The van der Waals surface area contributed by atoms with Gasteiger partial charge in [-0.15, -0.1) is 11.3 Å². The van der Waals surface area contributed by atoms with Crippen LogP contribution in [0.4, 0.5) is 0 Å². The van der Waals surface area contributed by atoms with E-state index in [2.05, 4.69) is 9.88 Å². The van der Waals surface area contributed by atoms with Crippen molar-refractivity contribution in [3.63, 3.8) is 0 Å². The molecule has 0 radical (unpaired) electrons. The molecule has 0 aromatic carbocycles. The SMILES string of the molecule is NC(=O)c1cnc(CCCCN2CCCC2)s1. The molecule has 0 saturated carbocycles. The second-order valence-electron chi connectivity index (χ2n) is 4.49. The Labute approximate surface area is 106 Å². The smallest absolute Gasteiger partial charge is 0.260 e. The van der Waals surface area contributed by atoms with Crippen LogP contribution in [-0.4, -0.2) is 35.4 Å². The summed E-state index contributed by atoms with van der Waals surface area (Å²) in [6, 6.07) is 0. The Balaban J connectivity index is 1.65. The van der Waals surface area contributed by atoms with Crippen LogP contribution in [0.5, 0.6) is 0 Å². The molecule has 2 N–H and O–H groups in total. The third-order valence-corrected chi connectivity index (χ3v) is 4.18. The molecule has 2 heterocycles. The number of nitrogens with zero attached hydrogens (tertiary/aromatic N) is 2. The number of carbonyl (C=O) groups excluding carboxylic acids is 1. The number of primary amides is 1. The quantitative estimate of drug-likeness (QED) is 0.784. The normalized spacial score (nSPS) is 16.5. The van der Waals surface area contributed by atoms with Crippen LogP contribution in [0.3, 0.4) is 0 Å². The number of aromatic nitrogens is 1. The van der Waals surface area contributed by atoms with E-state index in [1.54, 1.807) is 6.20 Å². The third-order valence-electron chi connectivity index (χ3n) is 3.11. The van der Waals surface area contributed by atoms with Crippen LogP contribution in [0.15, 0.2) is 6.20 Å². The van der Waals surface area contributed by atoms with Crippen LogP contribution in [-0.2, 0) is 6.42 Å². The average molecular weight is 253 g/mol. The Hall–Kier alpha value is -0.940. The van der Waals surface area contributed by atoms with Gasteiger partial charge in [0.2, 0.25) is 0 Å². The fourth-order valence-electron chi connectivity index (χ4n) is 2.16. The van der Waals surface area contributed by atoms with Crippen molar-refractivity contribution < 1.29 is 4.79 Å². The van der Waals surface area contributed by atoms with Gasteiger partial charge in [-0.1, -0.05) is 0 Å². The molecule has 1 aliphatic heterocycles. The maximum atomic E-state index is 10.9. The van der Waals surface area contributed by atoms with Gasteiger partial charge in [0, 0.05) is 0 Å². The summed E-state index contributed by atoms with van der Waals surface area (Å²) in [4.78, 5) is 18.2. The van der Waals surface area contributed by atoms with Crippen molar-refractivity contribution in [2.24, 2.45) is 5.73 Å². The van der Waals surface area contributed by atoms with Crippen molar-refractivity contribution in [1.29, 1.82) is 0 Å². The van der Waals surface area contributed by atoms with E-state index in [0.717, 1.165) is 17.8 Å². The summed E-state index contributed by atoms with van der Waals surface area (Å²) in [6.45, 7) is 3.74. The fourth-order valence-corrected chi connectivity index (χ4v) is 2.97. The van der Waals surface area contributed by atoms with E-state index in [-0.39, 0.29) is 5.91 Å². The predicted octanol–water partition coefficient (Wildman–Crippen LogP) is 1.66. The van der Waals surface area contributed by atoms with Crippen LogP contribution < -0.4 is 5.73 Å². The van der Waals surface area contributed by atoms with Crippen LogP contribution in [0.25, 0.3) is 0 Å². The molecule has 1 amide bonds. The summed E-state index contributed by atoms with van der Waals surface area (Å²) in [6.07, 6.45) is 7.62. The van der Waals surface area contributed by atoms with E-state index in [1.165, 1.54) is 50.2 Å². The number of nitrogens with two attached hydrogens (primary N) is 1. The number of unbranched alkanes of at least 4 members (excludes halogenated alkanes) is 1. The second-order valence-corrected chi connectivity index (χ2v) is 5.60. The van der Waals surface area contributed by atoms with Gasteiger partial charge < -0.3 is 10.6 Å². The lowest BCUT2D eigenvalue weighted by Crippen LogP contribution is -2.20. The van der Waals surface area contributed by atoms with Crippen molar-refractivity contribution in [3.8, 4) is 0 Å². The van der Waals surface area contributed by atoms with Gasteiger partial charge in [0.15, 0.2) is 0 Å². The summed E-state index contributed by atoms with van der Waals surface area (Å²) >= 11 is 1.42. The molecule has 0 bridgehead atoms. The first kappa shape index (κ1) is 12.5. The van der Waals surface area contributed by atoms with Crippen LogP contribution in [0.2, 0.25) is 0 Å². The zero-order valence-electron chi connectivity index (χ0n) is 10.0. The molecule has 1 aromatic rings. The van der Waals surface area contributed by atoms with E-state index in [1.807, 2.05) is 0 Å². The van der Waals surface area contributed by atoms with E-state index < -0.39 is 0 Å². The Morgan fingerprint density at radius 1 is 1.41 bits per heavy atom. The molecular formula is C12H19N3OS. The van der Waals surface area contributed by atoms with Crippen molar-refractivity contribution in [3.05, 3.63) is 16.1 Å². The van der Waals surface area contributed by atoms with Gasteiger partial charge in [0.05, 0.1) is 11.2 Å². The Morgan fingerprint density at radius 3 is 2.82 bits per heavy atom. The van der Waals surface area contributed by atoms with Gasteiger partial charge >= 0.3 is 0 Å². The van der Waals surface area contributed by atoms with E-state index >= 15 is 0 Å². The molecule has 1 saturated heterocycles. The summed E-state index contributed by atoms with van der Waals surface area (Å²) in [5.74, 6) is -0.370. The number of aryl methyl sites for hydroxylation is 1. The molecular weight excluding hydrogens is 234 g/mol. The largest absolute Gasteiger partial charge is 0.365 e. The van der Waals surface area contributed by atoms with Gasteiger partial charge in [0.1, 0.15) is 4.88 Å². The molecule has 1 aromatic heterocycles. The number of thiazole rings is 1. The van der Waals surface area contributed by atoms with Gasteiger partial charge in [0.25, 0.3) is 5.91 Å². The lowest BCUT2D eigenvalue weighted by molar-refractivity contribution is 0.100. The Morgan fingerprint density at radius 2 is 2.18 bits per heavy atom. The maximum absolute atomic E-state index is 10.9. The molecule has 0 spiro atoms. The summed E-state index contributed by atoms with van der Waals surface area (Å²) in [5, 5.41) is 1.03. The molecule has 2 rings (SSSR count). The Kier molecular flexibility index (Phi) is 4.50. The molecule has 4 nitrogen and oxygen atoms in total. The van der Waals surface area contributed by atoms with E-state index in [9.17, 15) is 4.79 Å². The molecule has 17 heavy (non-hydrogen) atoms. The van der Waals surface area contributed by atoms with Crippen molar-refractivity contribution in [2.45, 2.75) is 32.1 Å². The molecule has 1 aliphatic rings. The highest BCUT2D eigenvalue weighted by Gasteiger charge is 2.11. The number of hydrogen-bond acceptors (Lipinski definition) is 4. The molecule has 5 heteroatoms. The topological polar surface area (TPSA) is 59.2 Å². The number of likely N-dealkylation sites (tertiary alicyclic amines) is 1.